The van der Waals surface area contributed by atoms with Crippen LogP contribution in [0.4, 0.5) is 79.0 Å². The van der Waals surface area contributed by atoms with Gasteiger partial charge in [-0.2, -0.15) is 84.1 Å². The molecule has 1 aromatic carbocycles. The van der Waals surface area contributed by atoms with Crippen LogP contribution in [0.2, 0.25) is 5.02 Å². The van der Waals surface area contributed by atoms with Crippen molar-refractivity contribution < 1.29 is 88.6 Å². The topological polar surface area (TPSA) is 100.0 Å². The third-order valence-corrected chi connectivity index (χ3v) is 7.88. The minimum absolute atomic E-state index is 0.0676. The molecule has 0 atom stereocenters. The van der Waals surface area contributed by atoms with Gasteiger partial charge in [0.1, 0.15) is 0 Å². The second-order valence-electron chi connectivity index (χ2n) is 11.5. The van der Waals surface area contributed by atoms with Crippen LogP contribution in [-0.2, 0) is 13.2 Å². The molecule has 1 aliphatic carbocycles. The summed E-state index contributed by atoms with van der Waals surface area (Å²) in [6, 6.07) is 3.63. The molecule has 1 aliphatic rings. The second-order valence-corrected chi connectivity index (χ2v) is 11.9. The van der Waals surface area contributed by atoms with Gasteiger partial charge in [0, 0.05) is 18.8 Å². The summed E-state index contributed by atoms with van der Waals surface area (Å²) in [7, 11) is 0.633. The lowest BCUT2D eigenvalue weighted by Crippen LogP contribution is -2.73. The number of aryl methyl sites for hydroxylation is 1. The molecule has 0 aliphatic heterocycles. The molecule has 3 aromatic rings. The van der Waals surface area contributed by atoms with E-state index in [1.807, 2.05) is 0 Å². The number of aromatic nitrogens is 4. The highest BCUT2D eigenvalue weighted by Crippen LogP contribution is 2.62. The normalized spacial score (nSPS) is 16.2. The SMILES string of the molecule is Cn1nc(OCC(F)(F)C(F)(F)C(F)(F)C(F)(F)C(F)(F)C(F)(F)C(F)(F)F)c(C(F)(F)F)c1-n1cc(-c2ccc(Cl)c(C(=O)NC3(N)CC3)c2)cn1. The van der Waals surface area contributed by atoms with Gasteiger partial charge >= 0.3 is 47.9 Å². The molecule has 1 fully saturated rings. The van der Waals surface area contributed by atoms with E-state index in [1.165, 1.54) is 12.1 Å². The van der Waals surface area contributed by atoms with Crippen LogP contribution in [0.5, 0.6) is 5.88 Å². The van der Waals surface area contributed by atoms with Gasteiger partial charge in [-0.1, -0.05) is 17.7 Å². The largest absolute Gasteiger partial charge is 0.469 e. The van der Waals surface area contributed by atoms with Gasteiger partial charge in [0.05, 0.1) is 22.4 Å². The van der Waals surface area contributed by atoms with Crippen LogP contribution >= 0.6 is 11.6 Å². The van der Waals surface area contributed by atoms with E-state index in [1.54, 1.807) is 0 Å². The van der Waals surface area contributed by atoms with Crippen LogP contribution < -0.4 is 15.8 Å². The Hall–Kier alpha value is -4.10. The van der Waals surface area contributed by atoms with E-state index in [2.05, 4.69) is 20.3 Å². The number of nitrogens with two attached hydrogens (primary N) is 1. The minimum atomic E-state index is -8.60. The Morgan fingerprint density at radius 2 is 1.38 bits per heavy atom. The number of benzene rings is 1. The summed E-state index contributed by atoms with van der Waals surface area (Å²) < 4.78 is 249. The van der Waals surface area contributed by atoms with Crippen LogP contribution in [0.3, 0.4) is 0 Å². The van der Waals surface area contributed by atoms with Crippen LogP contribution in [0, 0.1) is 0 Å². The molecule has 53 heavy (non-hydrogen) atoms. The van der Waals surface area contributed by atoms with Crippen molar-refractivity contribution in [1.29, 1.82) is 0 Å². The predicted molar refractivity (Wildman–Crippen MR) is 141 cm³/mol. The lowest BCUT2D eigenvalue weighted by molar-refractivity contribution is -0.453. The first-order chi connectivity index (χ1) is 23.7. The fraction of sp³-hybridized carbons (Fsp3) is 0.500. The van der Waals surface area contributed by atoms with Crippen molar-refractivity contribution in [3.05, 3.63) is 46.7 Å². The van der Waals surface area contributed by atoms with Gasteiger partial charge in [-0.15, -0.1) is 5.10 Å². The molecule has 0 saturated heterocycles. The van der Waals surface area contributed by atoms with Crippen molar-refractivity contribution >= 4 is 17.5 Å². The molecule has 0 radical (unpaired) electrons. The third-order valence-electron chi connectivity index (χ3n) is 7.55. The summed E-state index contributed by atoms with van der Waals surface area (Å²) >= 11 is 6.06. The summed E-state index contributed by atoms with van der Waals surface area (Å²) in [4.78, 5) is 12.6. The van der Waals surface area contributed by atoms with Crippen molar-refractivity contribution in [1.82, 2.24) is 24.9 Å². The number of carbonyl (C=O) groups excluding carboxylic acids is 1. The maximum absolute atomic E-state index is 14.4. The number of amides is 1. The van der Waals surface area contributed by atoms with Crippen molar-refractivity contribution in [3.63, 3.8) is 0 Å². The Morgan fingerprint density at radius 1 is 0.849 bits per heavy atom. The molecular weight excluding hydrogens is 806 g/mol. The van der Waals surface area contributed by atoms with E-state index in [-0.39, 0.29) is 26.4 Å². The first-order valence-corrected chi connectivity index (χ1v) is 14.1. The Kier molecular flexibility index (Phi) is 9.80. The first kappa shape index (κ1) is 41.7. The molecule has 2 heterocycles. The van der Waals surface area contributed by atoms with E-state index >= 15 is 0 Å². The molecule has 0 bridgehead atoms. The van der Waals surface area contributed by atoms with Crippen molar-refractivity contribution in [2.75, 3.05) is 6.61 Å². The second kappa shape index (κ2) is 12.5. The van der Waals surface area contributed by atoms with Gasteiger partial charge in [0.2, 0.25) is 5.88 Å². The number of nitrogens with zero attached hydrogens (tertiary/aromatic N) is 4. The lowest BCUT2D eigenvalue weighted by atomic mass is 9.91. The van der Waals surface area contributed by atoms with Gasteiger partial charge in [0.25, 0.3) is 5.91 Å². The molecular formula is C26H17ClF18N6O2. The standard InChI is InChI=1S/C26H17ClF18N6O2/c1-50-17(51-8-11(7-47-51)10-2-3-13(27)12(6-10)15(52)48-18(46)4-5-18)14(20(30,31)32)16(49-50)53-9-19(28,29)21(33,34)22(35,36)23(37,38)24(39,40)25(41,42)26(43,44)45/h2-3,6-8H,4-5,9,46H2,1H3,(H,48,52). The van der Waals surface area contributed by atoms with Crippen LogP contribution in [-0.4, -0.2) is 79.4 Å². The smallest absolute Gasteiger partial charge is 0.460 e. The molecule has 2 aromatic heterocycles. The molecule has 3 N–H and O–H groups in total. The quantitative estimate of drug-likeness (QED) is 0.143. The predicted octanol–water partition coefficient (Wildman–Crippen LogP) is 7.88. The average molecular weight is 823 g/mol. The van der Waals surface area contributed by atoms with Crippen molar-refractivity contribution in [2.24, 2.45) is 12.8 Å². The fourth-order valence-electron chi connectivity index (χ4n) is 4.37. The highest BCUT2D eigenvalue weighted by Gasteiger charge is 2.93. The number of halogens is 19. The Morgan fingerprint density at radius 3 is 1.89 bits per heavy atom. The Labute approximate surface area is 286 Å². The lowest BCUT2D eigenvalue weighted by Gasteiger charge is -2.41. The maximum atomic E-state index is 14.4. The third kappa shape index (κ3) is 6.79. The fourth-order valence-corrected chi connectivity index (χ4v) is 4.57. The number of carbonyl (C=O) groups is 1. The van der Waals surface area contributed by atoms with E-state index < -0.39 is 83.3 Å². The molecule has 1 saturated carbocycles. The summed E-state index contributed by atoms with van der Waals surface area (Å²) in [6.45, 7) is -3.56. The van der Waals surface area contributed by atoms with Crippen LogP contribution in [0.1, 0.15) is 28.8 Å². The number of hydrogen-bond acceptors (Lipinski definition) is 5. The molecule has 0 spiro atoms. The molecule has 27 heteroatoms. The maximum Gasteiger partial charge on any atom is 0.460 e. The highest BCUT2D eigenvalue weighted by molar-refractivity contribution is 6.34. The van der Waals surface area contributed by atoms with Crippen LogP contribution in [0.25, 0.3) is 16.9 Å². The number of nitrogens with one attached hydrogen (secondary N) is 1. The molecule has 4 rings (SSSR count). The van der Waals surface area contributed by atoms with E-state index in [0.29, 0.717) is 24.6 Å². The zero-order valence-corrected chi connectivity index (χ0v) is 26.1. The van der Waals surface area contributed by atoms with Gasteiger partial charge in [-0.05, 0) is 30.5 Å². The molecule has 0 unspecified atom stereocenters. The van der Waals surface area contributed by atoms with Crippen LogP contribution in [0.15, 0.2) is 30.6 Å². The van der Waals surface area contributed by atoms with E-state index in [9.17, 15) is 83.8 Å². The minimum Gasteiger partial charge on any atom is -0.469 e. The van der Waals surface area contributed by atoms with Crippen molar-refractivity contribution in [2.45, 2.75) is 66.4 Å². The monoisotopic (exact) mass is 822 g/mol. The molecule has 8 nitrogen and oxygen atoms in total. The van der Waals surface area contributed by atoms with E-state index in [0.717, 1.165) is 18.5 Å². The van der Waals surface area contributed by atoms with E-state index in [4.69, 9.17) is 17.3 Å². The number of rotatable bonds is 12. The number of hydrogen-bond donors (Lipinski definition) is 2. The summed E-state index contributed by atoms with van der Waals surface area (Å²) in [6.07, 6.45) is -11.1. The summed E-state index contributed by atoms with van der Waals surface area (Å²) in [5.74, 6) is -53.0. The van der Waals surface area contributed by atoms with Gasteiger partial charge in [-0.3, -0.25) is 4.79 Å². The molecule has 296 valence electrons. The zero-order chi connectivity index (χ0) is 40.8. The summed E-state index contributed by atoms with van der Waals surface area (Å²) in [5.41, 5.74) is 2.39. The highest BCUT2D eigenvalue weighted by atomic mass is 35.5. The van der Waals surface area contributed by atoms with Gasteiger partial charge in [0.15, 0.2) is 18.0 Å². The first-order valence-electron chi connectivity index (χ1n) is 13.7. The molecule has 1 amide bonds. The van der Waals surface area contributed by atoms with Crippen molar-refractivity contribution in [3.8, 4) is 22.8 Å². The summed E-state index contributed by atoms with van der Waals surface area (Å²) in [5, 5.41) is 9.03. The number of ether oxygens (including phenoxy) is 1. The zero-order valence-electron chi connectivity index (χ0n) is 25.4. The van der Waals surface area contributed by atoms with Gasteiger partial charge in [-0.25, -0.2) is 9.36 Å². The number of alkyl halides is 18. The Balaban J connectivity index is 1.67. The Bertz CT molecular complexity index is 1880. The average Bonchev–Trinajstić information content (AvgIpc) is 3.37. The van der Waals surface area contributed by atoms with Gasteiger partial charge < -0.3 is 15.8 Å².